The average Bonchev–Trinajstić information content (AvgIpc) is 2.47. The maximum Gasteiger partial charge on any atom is 0.243 e. The summed E-state index contributed by atoms with van der Waals surface area (Å²) in [5, 5.41) is 3.03. The molecule has 1 aromatic carbocycles. The van der Waals surface area contributed by atoms with Crippen molar-refractivity contribution in [3.8, 4) is 0 Å². The molecule has 1 aliphatic rings. The number of nitrogens with one attached hydrogen (secondary N) is 1. The first-order chi connectivity index (χ1) is 9.89. The molecule has 1 amide bonds. The lowest BCUT2D eigenvalue weighted by Gasteiger charge is -2.37. The van der Waals surface area contributed by atoms with E-state index < -0.39 is 21.3 Å². The van der Waals surface area contributed by atoms with Gasteiger partial charge in [0.1, 0.15) is 5.54 Å². The third-order valence-electron chi connectivity index (χ3n) is 4.01. The van der Waals surface area contributed by atoms with Gasteiger partial charge in [0.15, 0.2) is 9.84 Å². The first-order valence-corrected chi connectivity index (χ1v) is 8.69. The van der Waals surface area contributed by atoms with Crippen molar-refractivity contribution in [1.29, 1.82) is 0 Å². The first kappa shape index (κ1) is 15.9. The fourth-order valence-corrected chi connectivity index (χ4v) is 3.90. The number of hydrogen-bond donors (Lipinski definition) is 2. The zero-order valence-corrected chi connectivity index (χ0v) is 12.9. The summed E-state index contributed by atoms with van der Waals surface area (Å²) in [5.41, 5.74) is 5.41. The van der Waals surface area contributed by atoms with E-state index in [4.69, 9.17) is 5.73 Å². The number of amides is 1. The van der Waals surface area contributed by atoms with Gasteiger partial charge in [0.25, 0.3) is 0 Å². The predicted octanol–water partition coefficient (Wildman–Crippen LogP) is -0.683. The van der Waals surface area contributed by atoms with Crippen LogP contribution in [0.3, 0.4) is 0 Å². The average molecular weight is 311 g/mol. The van der Waals surface area contributed by atoms with Crippen molar-refractivity contribution in [2.24, 2.45) is 5.73 Å². The van der Waals surface area contributed by atoms with E-state index in [1.165, 1.54) is 0 Å². The molecule has 7 heteroatoms. The van der Waals surface area contributed by atoms with Crippen molar-refractivity contribution in [2.45, 2.75) is 5.54 Å². The Kier molecular flexibility index (Phi) is 4.65. The number of carbonyl (C=O) groups excluding carboxylic acids is 1. The molecule has 3 N–H and O–H groups in total. The van der Waals surface area contributed by atoms with Gasteiger partial charge in [0.05, 0.1) is 11.5 Å². The van der Waals surface area contributed by atoms with Gasteiger partial charge in [-0.25, -0.2) is 8.42 Å². The Morgan fingerprint density at radius 1 is 1.29 bits per heavy atom. The monoisotopic (exact) mass is 311 g/mol. The highest BCUT2D eigenvalue weighted by atomic mass is 32.2. The van der Waals surface area contributed by atoms with Crippen LogP contribution in [-0.4, -0.2) is 57.4 Å². The topological polar surface area (TPSA) is 92.5 Å². The Morgan fingerprint density at radius 2 is 1.86 bits per heavy atom. The summed E-state index contributed by atoms with van der Waals surface area (Å²) in [7, 11) is -1.25. The van der Waals surface area contributed by atoms with Crippen LogP contribution in [0.15, 0.2) is 30.3 Å². The highest BCUT2D eigenvalue weighted by Crippen LogP contribution is 2.23. The number of likely N-dealkylation sites (N-methyl/N-ethyl adjacent to an activating group) is 1. The van der Waals surface area contributed by atoms with Crippen molar-refractivity contribution >= 4 is 15.7 Å². The summed E-state index contributed by atoms with van der Waals surface area (Å²) >= 11 is 0. The van der Waals surface area contributed by atoms with E-state index in [1.54, 1.807) is 7.05 Å². The van der Waals surface area contributed by atoms with E-state index in [0.717, 1.165) is 5.56 Å². The summed E-state index contributed by atoms with van der Waals surface area (Å²) in [6, 6.07) is 9.28. The number of benzene rings is 1. The predicted molar refractivity (Wildman–Crippen MR) is 81.5 cm³/mol. The Hall–Kier alpha value is -1.44. The van der Waals surface area contributed by atoms with Crippen LogP contribution < -0.4 is 11.1 Å². The molecule has 6 nitrogen and oxygen atoms in total. The molecule has 0 aliphatic carbocycles. The smallest absolute Gasteiger partial charge is 0.243 e. The summed E-state index contributed by atoms with van der Waals surface area (Å²) in [5.74, 6) is -0.217. The molecular formula is C14H21N3O3S. The van der Waals surface area contributed by atoms with Gasteiger partial charge in [-0.05, 0) is 12.6 Å². The van der Waals surface area contributed by atoms with Crippen LogP contribution in [0.4, 0.5) is 0 Å². The van der Waals surface area contributed by atoms with Crippen LogP contribution in [0.5, 0.6) is 0 Å². The highest BCUT2D eigenvalue weighted by molar-refractivity contribution is 7.91. The van der Waals surface area contributed by atoms with Gasteiger partial charge in [0.2, 0.25) is 5.91 Å². The minimum Gasteiger partial charge on any atom is -0.368 e. The van der Waals surface area contributed by atoms with Crippen LogP contribution in [0.25, 0.3) is 0 Å². The second kappa shape index (κ2) is 6.13. The molecule has 0 aromatic heterocycles. The second-order valence-corrected chi connectivity index (χ2v) is 7.62. The van der Waals surface area contributed by atoms with Gasteiger partial charge in [-0.3, -0.25) is 9.69 Å². The Balaban J connectivity index is 2.24. The largest absolute Gasteiger partial charge is 0.368 e. The van der Waals surface area contributed by atoms with Crippen LogP contribution in [-0.2, 0) is 20.2 Å². The number of nitrogens with zero attached hydrogens (tertiary/aromatic N) is 1. The maximum absolute atomic E-state index is 12.1. The third-order valence-corrected chi connectivity index (χ3v) is 5.62. The van der Waals surface area contributed by atoms with Crippen molar-refractivity contribution in [1.82, 2.24) is 10.2 Å². The van der Waals surface area contributed by atoms with Gasteiger partial charge in [-0.1, -0.05) is 30.3 Å². The summed E-state index contributed by atoms with van der Waals surface area (Å²) < 4.78 is 23.0. The molecule has 0 spiro atoms. The number of primary amides is 1. The van der Waals surface area contributed by atoms with Gasteiger partial charge >= 0.3 is 0 Å². The molecule has 0 radical (unpaired) electrons. The highest BCUT2D eigenvalue weighted by Gasteiger charge is 2.39. The van der Waals surface area contributed by atoms with Crippen LogP contribution in [0.2, 0.25) is 0 Å². The lowest BCUT2D eigenvalue weighted by molar-refractivity contribution is -0.125. The standard InChI is InChI=1S/C14H21N3O3S/c1-16-14(13(15)18,12-5-3-2-4-6-12)11-17-7-9-21(19,20)10-8-17/h2-6,16H,7-11H2,1H3,(H2,15,18). The van der Waals surface area contributed by atoms with Crippen molar-refractivity contribution in [3.05, 3.63) is 35.9 Å². The number of carbonyl (C=O) groups is 1. The molecule has 2 rings (SSSR count). The fourth-order valence-electron chi connectivity index (χ4n) is 2.62. The fraction of sp³-hybridized carbons (Fsp3) is 0.500. The lowest BCUT2D eigenvalue weighted by atomic mass is 9.88. The Labute approximate surface area is 125 Å². The molecule has 1 aliphatic heterocycles. The summed E-state index contributed by atoms with van der Waals surface area (Å²) in [6.07, 6.45) is 0. The van der Waals surface area contributed by atoms with Gasteiger partial charge in [0, 0.05) is 19.6 Å². The number of nitrogens with two attached hydrogens (primary N) is 1. The van der Waals surface area contributed by atoms with E-state index in [-0.39, 0.29) is 11.5 Å². The molecule has 1 saturated heterocycles. The summed E-state index contributed by atoms with van der Waals surface area (Å²) in [6.45, 7) is 1.20. The molecule has 1 heterocycles. The zero-order valence-electron chi connectivity index (χ0n) is 12.1. The lowest BCUT2D eigenvalue weighted by Crippen LogP contribution is -2.59. The van der Waals surface area contributed by atoms with E-state index in [0.29, 0.717) is 19.6 Å². The molecule has 116 valence electrons. The minimum absolute atomic E-state index is 0.125. The first-order valence-electron chi connectivity index (χ1n) is 6.87. The van der Waals surface area contributed by atoms with Gasteiger partial charge in [-0.15, -0.1) is 0 Å². The Bertz CT molecular complexity index is 589. The maximum atomic E-state index is 12.1. The molecule has 1 aromatic rings. The third kappa shape index (κ3) is 3.42. The molecule has 0 saturated carbocycles. The van der Waals surface area contributed by atoms with Gasteiger partial charge in [-0.2, -0.15) is 0 Å². The second-order valence-electron chi connectivity index (χ2n) is 5.31. The van der Waals surface area contributed by atoms with Crippen molar-refractivity contribution in [2.75, 3.05) is 38.2 Å². The van der Waals surface area contributed by atoms with E-state index >= 15 is 0 Å². The number of rotatable bonds is 5. The molecule has 0 bridgehead atoms. The number of sulfone groups is 1. The van der Waals surface area contributed by atoms with E-state index in [2.05, 4.69) is 5.32 Å². The van der Waals surface area contributed by atoms with Crippen molar-refractivity contribution < 1.29 is 13.2 Å². The quantitative estimate of drug-likeness (QED) is 0.751. The SMILES string of the molecule is CNC(CN1CCS(=O)(=O)CC1)(C(N)=O)c1ccccc1. The van der Waals surface area contributed by atoms with Crippen molar-refractivity contribution in [3.63, 3.8) is 0 Å². The van der Waals surface area contributed by atoms with Crippen LogP contribution >= 0.6 is 0 Å². The number of hydrogen-bond acceptors (Lipinski definition) is 5. The van der Waals surface area contributed by atoms with Crippen LogP contribution in [0.1, 0.15) is 5.56 Å². The normalized spacial score (nSPS) is 21.6. The summed E-state index contributed by atoms with van der Waals surface area (Å²) in [4.78, 5) is 14.0. The molecular weight excluding hydrogens is 290 g/mol. The van der Waals surface area contributed by atoms with E-state index in [9.17, 15) is 13.2 Å². The Morgan fingerprint density at radius 3 is 2.33 bits per heavy atom. The zero-order chi connectivity index (χ0) is 15.5. The molecule has 1 fully saturated rings. The minimum atomic E-state index is -2.94. The molecule has 1 unspecified atom stereocenters. The van der Waals surface area contributed by atoms with Crippen LogP contribution in [0, 0.1) is 0 Å². The van der Waals surface area contributed by atoms with E-state index in [1.807, 2.05) is 35.2 Å². The molecule has 21 heavy (non-hydrogen) atoms. The molecule has 1 atom stereocenters. The van der Waals surface area contributed by atoms with Gasteiger partial charge < -0.3 is 11.1 Å².